The number of carbonyl (C=O) groups is 4. The van der Waals surface area contributed by atoms with E-state index in [4.69, 9.17) is 46.9 Å². The minimum Gasteiger partial charge on any atom is -0.463 e. The van der Waals surface area contributed by atoms with E-state index in [1.807, 2.05) is 0 Å². The summed E-state index contributed by atoms with van der Waals surface area (Å²) in [6, 6.07) is 0. The van der Waals surface area contributed by atoms with Crippen molar-refractivity contribution in [3.05, 3.63) is 0 Å². The van der Waals surface area contributed by atoms with Crippen molar-refractivity contribution in [2.75, 3.05) is 26.4 Å². The second kappa shape index (κ2) is 68.8. The SMILES string of the molecule is CCCCCCCCCCCCCCCC(=O)OCC(COP(=O)(O)OC1C(OC2OC(CO)C(O)C(O)C2O)C(O)C(O)C(OC(=O)CCCCCCCCC(C)CCCCCCCC)C1OC1OC(COC(=O)CCCCCCCCCCCCCCC)C(O)C(O)C1O)OC(=O)CCCCCCCCC(C)CCCCCCCC. The monoisotopic (exact) mass is 1700 g/mol. The number of esters is 4. The first-order chi connectivity index (χ1) is 56.5. The maximum Gasteiger partial charge on any atom is 0.472 e. The Morgan fingerprint density at radius 1 is 0.333 bits per heavy atom. The summed E-state index contributed by atoms with van der Waals surface area (Å²) in [5, 5.41) is 102. The lowest BCUT2D eigenvalue weighted by Gasteiger charge is -2.50. The van der Waals surface area contributed by atoms with Gasteiger partial charge in [-0.2, -0.15) is 0 Å². The van der Waals surface area contributed by atoms with Crippen molar-refractivity contribution >= 4 is 31.7 Å². The fourth-order valence-corrected chi connectivity index (χ4v) is 17.1. The molecule has 690 valence electrons. The van der Waals surface area contributed by atoms with Gasteiger partial charge in [0.1, 0.15) is 92.6 Å². The van der Waals surface area contributed by atoms with E-state index >= 15 is 0 Å². The van der Waals surface area contributed by atoms with Crippen LogP contribution in [-0.2, 0) is 70.7 Å². The molecule has 26 heteroatoms. The number of ether oxygens (including phenoxy) is 8. The molecule has 20 atom stereocenters. The van der Waals surface area contributed by atoms with Gasteiger partial charge in [0.25, 0.3) is 0 Å². The van der Waals surface area contributed by atoms with Gasteiger partial charge in [-0.05, 0) is 37.5 Å². The van der Waals surface area contributed by atoms with Gasteiger partial charge >= 0.3 is 31.7 Å². The van der Waals surface area contributed by atoms with Crippen LogP contribution in [0.2, 0.25) is 0 Å². The van der Waals surface area contributed by atoms with Gasteiger partial charge in [-0.25, -0.2) is 4.57 Å². The lowest BCUT2D eigenvalue weighted by Crippen LogP contribution is -2.70. The lowest BCUT2D eigenvalue weighted by atomic mass is 9.84. The summed E-state index contributed by atoms with van der Waals surface area (Å²) in [5.41, 5.74) is 0. The number of unbranched alkanes of at least 4 members (excludes halogenated alkanes) is 44. The highest BCUT2D eigenvalue weighted by Crippen LogP contribution is 2.49. The molecule has 0 aromatic heterocycles. The third-order valence-corrected chi connectivity index (χ3v) is 24.9. The van der Waals surface area contributed by atoms with Gasteiger partial charge in [0.05, 0.1) is 13.2 Å². The second-order valence-electron chi connectivity index (χ2n) is 34.8. The molecule has 3 fully saturated rings. The van der Waals surface area contributed by atoms with Crippen LogP contribution in [0.25, 0.3) is 0 Å². The van der Waals surface area contributed by atoms with Crippen LogP contribution in [0, 0.1) is 11.8 Å². The van der Waals surface area contributed by atoms with E-state index in [1.165, 1.54) is 186 Å². The molecular formula is C91H171O25P. The summed E-state index contributed by atoms with van der Waals surface area (Å²) in [7, 11) is -5.81. The number of aliphatic hydroxyl groups is 9. The molecule has 1 saturated carbocycles. The summed E-state index contributed by atoms with van der Waals surface area (Å²) >= 11 is 0. The Bertz CT molecular complexity index is 2470. The zero-order valence-corrected chi connectivity index (χ0v) is 74.7. The fraction of sp³-hybridized carbons (Fsp3) is 0.956. The van der Waals surface area contributed by atoms with Crippen LogP contribution >= 0.6 is 7.82 Å². The maximum absolute atomic E-state index is 14.9. The molecular weight excluding hydrogens is 1520 g/mol. The van der Waals surface area contributed by atoms with Crippen LogP contribution in [0.4, 0.5) is 0 Å². The summed E-state index contributed by atoms with van der Waals surface area (Å²) in [6.45, 7) is 10.2. The Morgan fingerprint density at radius 3 is 1.02 bits per heavy atom. The molecule has 0 amide bonds. The fourth-order valence-electron chi connectivity index (χ4n) is 16.2. The predicted octanol–water partition coefficient (Wildman–Crippen LogP) is 17.5. The topological polar surface area (TPSA) is 380 Å². The number of aliphatic hydroxyl groups excluding tert-OH is 9. The molecule has 3 rings (SSSR count). The molecule has 2 heterocycles. The number of carbonyl (C=O) groups excluding carboxylic acids is 4. The summed E-state index contributed by atoms with van der Waals surface area (Å²) < 4.78 is 73.6. The molecule has 0 aromatic carbocycles. The predicted molar refractivity (Wildman–Crippen MR) is 453 cm³/mol. The van der Waals surface area contributed by atoms with Gasteiger partial charge in [-0.3, -0.25) is 28.2 Å². The summed E-state index contributed by atoms with van der Waals surface area (Å²) in [4.78, 5) is 66.6. The van der Waals surface area contributed by atoms with Crippen LogP contribution in [0.3, 0.4) is 0 Å². The van der Waals surface area contributed by atoms with E-state index in [0.717, 1.165) is 128 Å². The van der Waals surface area contributed by atoms with Gasteiger partial charge in [0.2, 0.25) is 0 Å². The smallest absolute Gasteiger partial charge is 0.463 e. The first-order valence-corrected chi connectivity index (χ1v) is 49.0. The standard InChI is InChI=1S/C91H171O25P/c1-7-11-15-19-23-25-27-29-31-33-35-45-53-61-74(93)107-66-71(110-76(95)63-55-47-39-37-43-51-59-69(5)57-49-41-21-17-13-9-3)67-109-117(105,106)116-89-87(114-90-84(103)80(99)78(97)72(65-92)111-90)83(102)82(101)86(113-77(96)64-56-48-40-38-44-52-60-70(6)58-50-42-22-18-14-10-4)88(89)115-91-85(104)81(100)79(98)73(112-91)68-108-75(94)62-54-46-36-34-32-30-28-26-24-20-16-12-8-2/h69-73,78-92,97-104H,7-68H2,1-6H3,(H,105,106). The highest BCUT2D eigenvalue weighted by molar-refractivity contribution is 7.47. The maximum atomic E-state index is 14.9. The molecule has 1 aliphatic carbocycles. The quantitative estimate of drug-likeness (QED) is 0.0117. The van der Waals surface area contributed by atoms with Crippen molar-refractivity contribution in [2.45, 2.75) is 518 Å². The van der Waals surface area contributed by atoms with E-state index in [-0.39, 0.29) is 25.7 Å². The number of hydrogen-bond donors (Lipinski definition) is 10. The molecule has 0 spiro atoms. The van der Waals surface area contributed by atoms with Crippen molar-refractivity contribution in [1.82, 2.24) is 0 Å². The third-order valence-electron chi connectivity index (χ3n) is 23.9. The van der Waals surface area contributed by atoms with E-state index in [2.05, 4.69) is 41.5 Å². The Hall–Kier alpha value is -2.53. The van der Waals surface area contributed by atoms with Gasteiger partial charge in [0, 0.05) is 25.7 Å². The van der Waals surface area contributed by atoms with Crippen LogP contribution in [-0.4, -0.2) is 205 Å². The largest absolute Gasteiger partial charge is 0.472 e. The number of rotatable bonds is 76. The number of hydrogen-bond acceptors (Lipinski definition) is 24. The van der Waals surface area contributed by atoms with Crippen LogP contribution in [0.15, 0.2) is 0 Å². The van der Waals surface area contributed by atoms with Gasteiger partial charge < -0.3 is 88.7 Å². The Balaban J connectivity index is 1.93. The second-order valence-corrected chi connectivity index (χ2v) is 36.2. The molecule has 0 radical (unpaired) electrons. The lowest BCUT2D eigenvalue weighted by molar-refractivity contribution is -0.360. The molecule has 20 unspecified atom stereocenters. The average Bonchev–Trinajstić information content (AvgIpc) is 0.754. The van der Waals surface area contributed by atoms with Gasteiger partial charge in [-0.1, -0.05) is 363 Å². The van der Waals surface area contributed by atoms with Crippen molar-refractivity contribution in [3.8, 4) is 0 Å². The molecule has 25 nitrogen and oxygen atoms in total. The minimum atomic E-state index is -5.81. The highest BCUT2D eigenvalue weighted by atomic mass is 31.2. The van der Waals surface area contributed by atoms with Crippen LogP contribution in [0.1, 0.15) is 414 Å². The van der Waals surface area contributed by atoms with Crippen LogP contribution in [0.5, 0.6) is 0 Å². The summed E-state index contributed by atoms with van der Waals surface area (Å²) in [5.74, 6) is -1.65. The number of phosphoric acid groups is 1. The van der Waals surface area contributed by atoms with Gasteiger partial charge in [-0.15, -0.1) is 0 Å². The molecule has 3 aliphatic rings. The van der Waals surface area contributed by atoms with Crippen molar-refractivity contribution in [1.29, 1.82) is 0 Å². The highest BCUT2D eigenvalue weighted by Gasteiger charge is 2.60. The first-order valence-electron chi connectivity index (χ1n) is 47.6. The molecule has 10 N–H and O–H groups in total. The van der Waals surface area contributed by atoms with Crippen LogP contribution < -0.4 is 0 Å². The van der Waals surface area contributed by atoms with E-state index in [9.17, 15) is 74.6 Å². The molecule has 2 saturated heterocycles. The minimum absolute atomic E-state index is 0.0187. The Labute approximate surface area is 706 Å². The molecule has 0 bridgehead atoms. The number of phosphoric ester groups is 1. The van der Waals surface area contributed by atoms with Crippen molar-refractivity contribution in [3.63, 3.8) is 0 Å². The first kappa shape index (κ1) is 109. The molecule has 2 aliphatic heterocycles. The Morgan fingerprint density at radius 2 is 0.641 bits per heavy atom. The van der Waals surface area contributed by atoms with Gasteiger partial charge in [0.15, 0.2) is 24.8 Å². The van der Waals surface area contributed by atoms with E-state index in [1.54, 1.807) is 0 Å². The zero-order valence-electron chi connectivity index (χ0n) is 73.9. The van der Waals surface area contributed by atoms with E-state index in [0.29, 0.717) is 43.9 Å². The summed E-state index contributed by atoms with van der Waals surface area (Å²) in [6.07, 6.45) is 22.5. The van der Waals surface area contributed by atoms with E-state index < -0.39 is 162 Å². The zero-order chi connectivity index (χ0) is 85.7. The van der Waals surface area contributed by atoms with Crippen molar-refractivity contribution < 1.29 is 122 Å². The third kappa shape index (κ3) is 49.7. The molecule has 117 heavy (non-hydrogen) atoms. The molecule has 0 aromatic rings. The average molecular weight is 1700 g/mol. The van der Waals surface area contributed by atoms with Crippen molar-refractivity contribution in [2.24, 2.45) is 11.8 Å². The Kier molecular flexibility index (Phi) is 63.9. The normalized spacial score (nSPS) is 25.5.